The summed E-state index contributed by atoms with van der Waals surface area (Å²) in [5.41, 5.74) is 3.24. The van der Waals surface area contributed by atoms with Gasteiger partial charge in [-0.3, -0.25) is 0 Å². The summed E-state index contributed by atoms with van der Waals surface area (Å²) in [6.45, 7) is 0. The van der Waals surface area contributed by atoms with Crippen molar-refractivity contribution in [1.82, 2.24) is 15.0 Å². The van der Waals surface area contributed by atoms with Gasteiger partial charge in [0.05, 0.1) is 5.69 Å². The lowest BCUT2D eigenvalue weighted by molar-refractivity contribution is 0.602. The molecular formula is C11H6ClN3O. The van der Waals surface area contributed by atoms with Crippen molar-refractivity contribution in [2.24, 2.45) is 0 Å². The average molecular weight is 232 g/mol. The fourth-order valence-corrected chi connectivity index (χ4v) is 1.66. The minimum absolute atomic E-state index is 0.232. The maximum Gasteiger partial charge on any atom is 0.222 e. The molecule has 0 unspecified atom stereocenters. The van der Waals surface area contributed by atoms with Gasteiger partial charge in [0.25, 0.3) is 0 Å². The minimum Gasteiger partial charge on any atom is -0.443 e. The van der Waals surface area contributed by atoms with Crippen LogP contribution >= 0.6 is 11.6 Å². The van der Waals surface area contributed by atoms with Crippen LogP contribution in [0.25, 0.3) is 22.4 Å². The zero-order valence-corrected chi connectivity index (χ0v) is 8.85. The van der Waals surface area contributed by atoms with E-state index in [4.69, 9.17) is 16.0 Å². The van der Waals surface area contributed by atoms with Crippen molar-refractivity contribution in [1.29, 1.82) is 0 Å². The molecule has 2 aromatic heterocycles. The first-order chi connectivity index (χ1) is 7.83. The van der Waals surface area contributed by atoms with Gasteiger partial charge in [-0.2, -0.15) is 0 Å². The van der Waals surface area contributed by atoms with E-state index in [-0.39, 0.29) is 5.28 Å². The number of fused-ring (bicyclic) bond motifs is 1. The molecule has 5 heteroatoms. The summed E-state index contributed by atoms with van der Waals surface area (Å²) in [4.78, 5) is 12.0. The van der Waals surface area contributed by atoms with Crippen LogP contribution in [0, 0.1) is 0 Å². The van der Waals surface area contributed by atoms with Gasteiger partial charge >= 0.3 is 0 Å². The molecular weight excluding hydrogens is 226 g/mol. The van der Waals surface area contributed by atoms with Gasteiger partial charge in [0.1, 0.15) is 5.52 Å². The first kappa shape index (κ1) is 9.30. The second kappa shape index (κ2) is 3.57. The Morgan fingerprint density at radius 2 is 2.06 bits per heavy atom. The van der Waals surface area contributed by atoms with Crippen molar-refractivity contribution in [3.8, 4) is 11.3 Å². The summed E-state index contributed by atoms with van der Waals surface area (Å²) >= 11 is 5.73. The van der Waals surface area contributed by atoms with Crippen LogP contribution < -0.4 is 0 Å². The normalized spacial score (nSPS) is 10.8. The van der Waals surface area contributed by atoms with E-state index in [0.717, 1.165) is 22.4 Å². The third-order valence-electron chi connectivity index (χ3n) is 2.25. The molecule has 1 aromatic carbocycles. The third kappa shape index (κ3) is 1.53. The number of benzene rings is 1. The summed E-state index contributed by atoms with van der Waals surface area (Å²) < 4.78 is 5.22. The van der Waals surface area contributed by atoms with Crippen LogP contribution in [0.15, 0.2) is 41.3 Å². The lowest BCUT2D eigenvalue weighted by Gasteiger charge is -1.99. The van der Waals surface area contributed by atoms with Crippen LogP contribution in [0.2, 0.25) is 5.28 Å². The Hall–Kier alpha value is -1.94. The zero-order valence-electron chi connectivity index (χ0n) is 8.09. The summed E-state index contributed by atoms with van der Waals surface area (Å²) in [7, 11) is 0. The molecule has 0 saturated carbocycles. The highest BCUT2D eigenvalue weighted by molar-refractivity contribution is 6.28. The summed E-state index contributed by atoms with van der Waals surface area (Å²) in [5, 5.41) is 0.232. The smallest absolute Gasteiger partial charge is 0.222 e. The Morgan fingerprint density at radius 1 is 1.12 bits per heavy atom. The molecule has 0 spiro atoms. The first-order valence-corrected chi connectivity index (χ1v) is 5.03. The van der Waals surface area contributed by atoms with Crippen LogP contribution in [0.1, 0.15) is 0 Å². The van der Waals surface area contributed by atoms with E-state index < -0.39 is 0 Å². The van der Waals surface area contributed by atoms with Crippen LogP contribution in [-0.2, 0) is 0 Å². The lowest BCUT2D eigenvalue weighted by atomic mass is 10.1. The van der Waals surface area contributed by atoms with E-state index in [1.165, 1.54) is 6.39 Å². The molecule has 0 radical (unpaired) electrons. The lowest BCUT2D eigenvalue weighted by Crippen LogP contribution is -1.86. The molecule has 3 rings (SSSR count). The molecule has 4 nitrogen and oxygen atoms in total. The van der Waals surface area contributed by atoms with Gasteiger partial charge in [0.2, 0.25) is 5.28 Å². The Morgan fingerprint density at radius 3 is 2.94 bits per heavy atom. The number of nitrogens with zero attached hydrogens (tertiary/aromatic N) is 3. The van der Waals surface area contributed by atoms with Gasteiger partial charge in [-0.15, -0.1) is 0 Å². The number of oxazole rings is 1. The van der Waals surface area contributed by atoms with Crippen LogP contribution in [0.3, 0.4) is 0 Å². The molecule has 16 heavy (non-hydrogen) atoms. The SMILES string of the molecule is Clc1nccc(-c2ccc3ncoc3c2)n1. The molecule has 0 amide bonds. The Labute approximate surface area is 95.9 Å². The summed E-state index contributed by atoms with van der Waals surface area (Å²) in [5.74, 6) is 0. The molecule has 2 heterocycles. The van der Waals surface area contributed by atoms with E-state index >= 15 is 0 Å². The average Bonchev–Trinajstić information content (AvgIpc) is 2.75. The second-order valence-electron chi connectivity index (χ2n) is 3.25. The molecule has 0 N–H and O–H groups in total. The fraction of sp³-hybridized carbons (Fsp3) is 0. The Bertz CT molecular complexity index is 650. The van der Waals surface area contributed by atoms with E-state index in [2.05, 4.69) is 15.0 Å². The van der Waals surface area contributed by atoms with Crippen molar-refractivity contribution < 1.29 is 4.42 Å². The highest BCUT2D eigenvalue weighted by Gasteiger charge is 2.04. The maximum atomic E-state index is 5.73. The van der Waals surface area contributed by atoms with Crippen LogP contribution in [0.4, 0.5) is 0 Å². The topological polar surface area (TPSA) is 51.8 Å². The standard InChI is InChI=1S/C11H6ClN3O/c12-11-13-4-3-8(15-11)7-1-2-9-10(5-7)16-6-14-9/h1-6H. The van der Waals surface area contributed by atoms with Gasteiger partial charge in [0.15, 0.2) is 12.0 Å². The monoisotopic (exact) mass is 231 g/mol. The third-order valence-corrected chi connectivity index (χ3v) is 2.44. The molecule has 0 aliphatic heterocycles. The number of halogens is 1. The highest BCUT2D eigenvalue weighted by Crippen LogP contribution is 2.22. The van der Waals surface area contributed by atoms with Gasteiger partial charge in [-0.1, -0.05) is 6.07 Å². The molecule has 0 bridgehead atoms. The quantitative estimate of drug-likeness (QED) is 0.604. The number of hydrogen-bond donors (Lipinski definition) is 0. The Kier molecular flexibility index (Phi) is 2.08. The molecule has 0 aliphatic rings. The van der Waals surface area contributed by atoms with E-state index in [1.54, 1.807) is 12.3 Å². The van der Waals surface area contributed by atoms with Crippen molar-refractivity contribution in [3.63, 3.8) is 0 Å². The van der Waals surface area contributed by atoms with Crippen molar-refractivity contribution >= 4 is 22.7 Å². The van der Waals surface area contributed by atoms with Crippen LogP contribution in [0.5, 0.6) is 0 Å². The molecule has 3 aromatic rings. The van der Waals surface area contributed by atoms with Gasteiger partial charge in [-0.25, -0.2) is 15.0 Å². The Balaban J connectivity index is 2.18. The highest BCUT2D eigenvalue weighted by atomic mass is 35.5. The van der Waals surface area contributed by atoms with Crippen molar-refractivity contribution in [2.75, 3.05) is 0 Å². The second-order valence-corrected chi connectivity index (χ2v) is 3.58. The first-order valence-electron chi connectivity index (χ1n) is 4.65. The van der Waals surface area contributed by atoms with Crippen LogP contribution in [-0.4, -0.2) is 15.0 Å². The molecule has 0 fully saturated rings. The predicted octanol–water partition coefficient (Wildman–Crippen LogP) is 2.94. The van der Waals surface area contributed by atoms with Gasteiger partial charge < -0.3 is 4.42 Å². The van der Waals surface area contributed by atoms with E-state index in [9.17, 15) is 0 Å². The minimum atomic E-state index is 0.232. The summed E-state index contributed by atoms with van der Waals surface area (Å²) in [6, 6.07) is 7.47. The zero-order chi connectivity index (χ0) is 11.0. The largest absolute Gasteiger partial charge is 0.443 e. The predicted molar refractivity (Wildman–Crippen MR) is 60.0 cm³/mol. The van der Waals surface area contributed by atoms with Gasteiger partial charge in [0, 0.05) is 11.8 Å². The number of hydrogen-bond acceptors (Lipinski definition) is 4. The molecule has 0 aliphatic carbocycles. The van der Waals surface area contributed by atoms with Crippen molar-refractivity contribution in [2.45, 2.75) is 0 Å². The number of rotatable bonds is 1. The summed E-state index contributed by atoms with van der Waals surface area (Å²) in [6.07, 6.45) is 3.04. The molecule has 0 atom stereocenters. The van der Waals surface area contributed by atoms with Crippen molar-refractivity contribution in [3.05, 3.63) is 42.1 Å². The fourth-order valence-electron chi connectivity index (χ4n) is 1.51. The maximum absolute atomic E-state index is 5.73. The molecule has 0 saturated heterocycles. The van der Waals surface area contributed by atoms with Gasteiger partial charge in [-0.05, 0) is 29.8 Å². The van der Waals surface area contributed by atoms with E-state index in [0.29, 0.717) is 0 Å². The van der Waals surface area contributed by atoms with E-state index in [1.807, 2.05) is 18.2 Å². The number of aromatic nitrogens is 3. The molecule has 78 valence electrons.